The summed E-state index contributed by atoms with van der Waals surface area (Å²) in [7, 11) is 0. The predicted molar refractivity (Wildman–Crippen MR) is 63.7 cm³/mol. The molecule has 0 saturated carbocycles. The monoisotopic (exact) mass is 257 g/mol. The lowest BCUT2D eigenvalue weighted by atomic mass is 10.3. The van der Waals surface area contributed by atoms with E-state index in [-0.39, 0.29) is 6.73 Å². The fraction of sp³-hybridized carbons (Fsp3) is 0.100. The summed E-state index contributed by atoms with van der Waals surface area (Å²) in [6, 6.07) is 6.76. The molecule has 84 valence electrons. The first-order valence-electron chi connectivity index (χ1n) is 4.52. The van der Waals surface area contributed by atoms with Gasteiger partial charge in [-0.1, -0.05) is 23.2 Å². The number of rotatable bonds is 3. The average Bonchev–Trinajstić information content (AvgIpc) is 2.66. The van der Waals surface area contributed by atoms with Crippen LogP contribution in [-0.2, 0) is 6.73 Å². The van der Waals surface area contributed by atoms with Crippen LogP contribution in [0, 0.1) is 0 Å². The van der Waals surface area contributed by atoms with Gasteiger partial charge in [-0.2, -0.15) is 5.10 Å². The molecule has 2 aromatic rings. The first-order chi connectivity index (χ1) is 7.65. The van der Waals surface area contributed by atoms with Gasteiger partial charge in [0.05, 0.1) is 10.0 Å². The summed E-state index contributed by atoms with van der Waals surface area (Å²) in [5.41, 5.74) is 5.47. The molecule has 0 atom stereocenters. The zero-order valence-electron chi connectivity index (χ0n) is 8.23. The van der Waals surface area contributed by atoms with Crippen LogP contribution in [0.25, 0.3) is 0 Å². The Kier molecular flexibility index (Phi) is 3.22. The van der Waals surface area contributed by atoms with E-state index in [1.165, 1.54) is 0 Å². The van der Waals surface area contributed by atoms with Gasteiger partial charge in [-0.05, 0) is 12.1 Å². The molecular weight excluding hydrogens is 249 g/mol. The molecule has 4 nitrogen and oxygen atoms in total. The standard InChI is InChI=1S/C10H9Cl2N3O/c11-8-2-1-7(5-9(8)12)16-6-15-4-3-10(13)14-15/h1-5H,6H2,(H2,13,14). The third-order valence-electron chi connectivity index (χ3n) is 1.92. The Morgan fingerprint density at radius 2 is 2.06 bits per heavy atom. The number of nitrogens with zero attached hydrogens (tertiary/aromatic N) is 2. The van der Waals surface area contributed by atoms with Crippen molar-refractivity contribution < 1.29 is 4.74 Å². The highest BCUT2D eigenvalue weighted by Crippen LogP contribution is 2.26. The Morgan fingerprint density at radius 3 is 2.69 bits per heavy atom. The maximum absolute atomic E-state index is 5.85. The topological polar surface area (TPSA) is 53.1 Å². The second kappa shape index (κ2) is 4.63. The number of ether oxygens (including phenoxy) is 1. The van der Waals surface area contributed by atoms with Gasteiger partial charge in [0.25, 0.3) is 0 Å². The molecule has 1 heterocycles. The largest absolute Gasteiger partial charge is 0.471 e. The molecule has 0 aliphatic heterocycles. The normalized spacial score (nSPS) is 10.4. The van der Waals surface area contributed by atoms with Crippen molar-refractivity contribution in [2.45, 2.75) is 6.73 Å². The molecule has 0 spiro atoms. The van der Waals surface area contributed by atoms with E-state index in [4.69, 9.17) is 33.7 Å². The van der Waals surface area contributed by atoms with Crippen LogP contribution in [-0.4, -0.2) is 9.78 Å². The smallest absolute Gasteiger partial charge is 0.180 e. The van der Waals surface area contributed by atoms with E-state index >= 15 is 0 Å². The molecule has 0 saturated heterocycles. The predicted octanol–water partition coefficient (Wildman–Crippen LogP) is 2.81. The fourth-order valence-corrected chi connectivity index (χ4v) is 1.44. The summed E-state index contributed by atoms with van der Waals surface area (Å²) in [6.45, 7) is 0.273. The van der Waals surface area contributed by atoms with Crippen LogP contribution in [0.2, 0.25) is 10.0 Å². The van der Waals surface area contributed by atoms with E-state index in [1.807, 2.05) is 0 Å². The molecule has 2 rings (SSSR count). The van der Waals surface area contributed by atoms with Crippen LogP contribution in [0.3, 0.4) is 0 Å². The summed E-state index contributed by atoms with van der Waals surface area (Å²) >= 11 is 11.6. The summed E-state index contributed by atoms with van der Waals surface area (Å²) in [5, 5.41) is 4.93. The number of hydrogen-bond donors (Lipinski definition) is 1. The van der Waals surface area contributed by atoms with Crippen LogP contribution in [0.15, 0.2) is 30.5 Å². The maximum atomic E-state index is 5.85. The van der Waals surface area contributed by atoms with Crippen LogP contribution < -0.4 is 10.5 Å². The van der Waals surface area contributed by atoms with Gasteiger partial charge in [0.2, 0.25) is 0 Å². The first-order valence-corrected chi connectivity index (χ1v) is 5.27. The van der Waals surface area contributed by atoms with E-state index in [2.05, 4.69) is 5.10 Å². The SMILES string of the molecule is Nc1ccn(COc2ccc(Cl)c(Cl)c2)n1. The molecule has 1 aromatic heterocycles. The molecule has 0 unspecified atom stereocenters. The number of anilines is 1. The number of nitrogen functional groups attached to an aromatic ring is 1. The zero-order chi connectivity index (χ0) is 11.5. The van der Waals surface area contributed by atoms with Gasteiger partial charge in [-0.25, -0.2) is 4.68 Å². The molecule has 1 aromatic carbocycles. The van der Waals surface area contributed by atoms with Crippen molar-refractivity contribution in [1.82, 2.24) is 9.78 Å². The van der Waals surface area contributed by atoms with Gasteiger partial charge >= 0.3 is 0 Å². The van der Waals surface area contributed by atoms with Crippen LogP contribution in [0.4, 0.5) is 5.82 Å². The van der Waals surface area contributed by atoms with Gasteiger partial charge in [-0.15, -0.1) is 0 Å². The molecule has 0 fully saturated rings. The van der Waals surface area contributed by atoms with Gasteiger partial charge in [-0.3, -0.25) is 0 Å². The van der Waals surface area contributed by atoms with Gasteiger partial charge < -0.3 is 10.5 Å². The van der Waals surface area contributed by atoms with Gasteiger partial charge in [0, 0.05) is 18.3 Å². The van der Waals surface area contributed by atoms with Crippen molar-refractivity contribution in [3.05, 3.63) is 40.5 Å². The Labute approximate surface area is 103 Å². The Morgan fingerprint density at radius 1 is 1.25 bits per heavy atom. The summed E-state index contributed by atoms with van der Waals surface area (Å²) < 4.78 is 7.02. The van der Waals surface area contributed by atoms with Crippen molar-refractivity contribution in [3.8, 4) is 5.75 Å². The van der Waals surface area contributed by atoms with Crippen molar-refractivity contribution in [3.63, 3.8) is 0 Å². The molecule has 0 aliphatic carbocycles. The minimum Gasteiger partial charge on any atom is -0.471 e. The zero-order valence-corrected chi connectivity index (χ0v) is 9.74. The van der Waals surface area contributed by atoms with E-state index in [9.17, 15) is 0 Å². The summed E-state index contributed by atoms with van der Waals surface area (Å²) in [5.74, 6) is 1.08. The van der Waals surface area contributed by atoms with Crippen molar-refractivity contribution in [2.24, 2.45) is 0 Å². The summed E-state index contributed by atoms with van der Waals surface area (Å²) in [4.78, 5) is 0. The molecule has 0 radical (unpaired) electrons. The van der Waals surface area contributed by atoms with E-state index in [0.717, 1.165) is 0 Å². The molecule has 0 aliphatic rings. The number of halogens is 2. The molecule has 2 N–H and O–H groups in total. The minimum atomic E-state index is 0.273. The summed E-state index contributed by atoms with van der Waals surface area (Å²) in [6.07, 6.45) is 1.73. The third kappa shape index (κ3) is 2.59. The Balaban J connectivity index is 2.02. The van der Waals surface area contributed by atoms with E-state index in [0.29, 0.717) is 21.6 Å². The molecule has 0 amide bonds. The third-order valence-corrected chi connectivity index (χ3v) is 2.65. The molecule has 0 bridgehead atoms. The van der Waals surface area contributed by atoms with E-state index in [1.54, 1.807) is 35.1 Å². The average molecular weight is 258 g/mol. The Bertz CT molecular complexity index is 499. The number of nitrogens with two attached hydrogens (primary N) is 1. The number of benzene rings is 1. The first kappa shape index (κ1) is 11.1. The van der Waals surface area contributed by atoms with Gasteiger partial charge in [0.1, 0.15) is 11.6 Å². The maximum Gasteiger partial charge on any atom is 0.180 e. The highest BCUT2D eigenvalue weighted by Gasteiger charge is 2.01. The van der Waals surface area contributed by atoms with E-state index < -0.39 is 0 Å². The lowest BCUT2D eigenvalue weighted by molar-refractivity contribution is 0.221. The lowest BCUT2D eigenvalue weighted by Gasteiger charge is -2.06. The number of hydrogen-bond acceptors (Lipinski definition) is 3. The van der Waals surface area contributed by atoms with Crippen LogP contribution in [0.1, 0.15) is 0 Å². The van der Waals surface area contributed by atoms with Crippen molar-refractivity contribution >= 4 is 29.0 Å². The minimum absolute atomic E-state index is 0.273. The highest BCUT2D eigenvalue weighted by molar-refractivity contribution is 6.42. The van der Waals surface area contributed by atoms with Crippen molar-refractivity contribution in [1.29, 1.82) is 0 Å². The van der Waals surface area contributed by atoms with Crippen LogP contribution >= 0.6 is 23.2 Å². The quantitative estimate of drug-likeness (QED) is 0.920. The second-order valence-electron chi connectivity index (χ2n) is 3.13. The van der Waals surface area contributed by atoms with Crippen molar-refractivity contribution in [2.75, 3.05) is 5.73 Å². The number of aromatic nitrogens is 2. The fourth-order valence-electron chi connectivity index (χ4n) is 1.16. The molecule has 16 heavy (non-hydrogen) atoms. The highest BCUT2D eigenvalue weighted by atomic mass is 35.5. The Hall–Kier alpha value is -1.39. The molecule has 6 heteroatoms. The van der Waals surface area contributed by atoms with Gasteiger partial charge in [0.15, 0.2) is 6.73 Å². The second-order valence-corrected chi connectivity index (χ2v) is 3.94. The molecular formula is C10H9Cl2N3O. The lowest BCUT2D eigenvalue weighted by Crippen LogP contribution is -2.06. The van der Waals surface area contributed by atoms with Crippen LogP contribution in [0.5, 0.6) is 5.75 Å².